The summed E-state index contributed by atoms with van der Waals surface area (Å²) >= 11 is 0. The van der Waals surface area contributed by atoms with E-state index < -0.39 is 0 Å². The molecule has 0 saturated carbocycles. The van der Waals surface area contributed by atoms with Gasteiger partial charge in [-0.2, -0.15) is 4.98 Å². The van der Waals surface area contributed by atoms with Crippen LogP contribution in [-0.4, -0.2) is 53.4 Å². The lowest BCUT2D eigenvalue weighted by Crippen LogP contribution is -2.58. The van der Waals surface area contributed by atoms with Crippen LogP contribution in [0.25, 0.3) is 0 Å². The fourth-order valence-electron chi connectivity index (χ4n) is 2.06. The minimum atomic E-state index is -0.0736. The van der Waals surface area contributed by atoms with Gasteiger partial charge in [0.2, 0.25) is 0 Å². The third-order valence-electron chi connectivity index (χ3n) is 3.60. The molecule has 0 aliphatic carbocycles. The summed E-state index contributed by atoms with van der Waals surface area (Å²) in [6, 6.07) is 0. The number of aromatic nitrogens is 2. The Balaban J connectivity index is 1.75. The molecule has 2 heterocycles. The molecule has 1 aliphatic rings. The Morgan fingerprint density at radius 3 is 2.68 bits per heavy atom. The van der Waals surface area contributed by atoms with Crippen LogP contribution in [0.5, 0.6) is 0 Å². The molecule has 2 rings (SSSR count). The molecule has 0 spiro atoms. The molecule has 1 N–H and O–H groups in total. The van der Waals surface area contributed by atoms with E-state index in [1.165, 1.54) is 0 Å². The summed E-state index contributed by atoms with van der Waals surface area (Å²) < 4.78 is 11.0. The van der Waals surface area contributed by atoms with Crippen LogP contribution in [-0.2, 0) is 17.8 Å². The molecule has 6 heteroatoms. The third kappa shape index (κ3) is 3.99. The Morgan fingerprint density at radius 1 is 1.37 bits per heavy atom. The van der Waals surface area contributed by atoms with Crippen molar-refractivity contribution in [1.29, 1.82) is 0 Å². The molecule has 1 saturated heterocycles. The molecule has 0 bridgehead atoms. The van der Waals surface area contributed by atoms with Gasteiger partial charge in [0.25, 0.3) is 5.89 Å². The number of rotatable bonds is 8. The van der Waals surface area contributed by atoms with E-state index >= 15 is 0 Å². The third-order valence-corrected chi connectivity index (χ3v) is 3.60. The first-order valence-corrected chi connectivity index (χ1v) is 7.03. The summed E-state index contributed by atoms with van der Waals surface area (Å²) in [7, 11) is 0. The van der Waals surface area contributed by atoms with E-state index in [9.17, 15) is 0 Å². The Hall–Kier alpha value is -0.980. The number of nitrogens with one attached hydrogen (secondary N) is 1. The van der Waals surface area contributed by atoms with E-state index in [1.54, 1.807) is 0 Å². The van der Waals surface area contributed by atoms with Crippen molar-refractivity contribution < 1.29 is 9.26 Å². The van der Waals surface area contributed by atoms with Crippen molar-refractivity contribution in [1.82, 2.24) is 20.4 Å². The van der Waals surface area contributed by atoms with Crippen LogP contribution in [0.4, 0.5) is 0 Å². The van der Waals surface area contributed by atoms with Crippen LogP contribution in [0, 0.1) is 0 Å². The van der Waals surface area contributed by atoms with Crippen molar-refractivity contribution in [3.8, 4) is 0 Å². The second kappa shape index (κ2) is 6.45. The number of nitrogens with zero attached hydrogens (tertiary/aromatic N) is 3. The monoisotopic (exact) mass is 268 g/mol. The van der Waals surface area contributed by atoms with Gasteiger partial charge >= 0.3 is 0 Å². The van der Waals surface area contributed by atoms with Crippen LogP contribution in [0.3, 0.4) is 0 Å². The van der Waals surface area contributed by atoms with Crippen molar-refractivity contribution in [3.05, 3.63) is 11.7 Å². The molecule has 0 radical (unpaired) electrons. The topological polar surface area (TPSA) is 63.4 Å². The van der Waals surface area contributed by atoms with Gasteiger partial charge in [-0.3, -0.25) is 0 Å². The summed E-state index contributed by atoms with van der Waals surface area (Å²) in [5.41, 5.74) is -0.0736. The summed E-state index contributed by atoms with van der Waals surface area (Å²) in [5.74, 6) is 1.34. The molecule has 108 valence electrons. The molecule has 0 atom stereocenters. The summed E-state index contributed by atoms with van der Waals surface area (Å²) in [4.78, 5) is 6.70. The Kier molecular flexibility index (Phi) is 4.90. The SMILES string of the molecule is CCN(CC)CCc1noc(COC2(C)CNC2)n1. The highest BCUT2D eigenvalue weighted by atomic mass is 16.5. The lowest BCUT2D eigenvalue weighted by molar-refractivity contribution is -0.0841. The Morgan fingerprint density at radius 2 is 2.11 bits per heavy atom. The maximum Gasteiger partial charge on any atom is 0.252 e. The summed E-state index contributed by atoms with van der Waals surface area (Å²) in [6.07, 6.45) is 0.823. The molecule has 0 unspecified atom stereocenters. The smallest absolute Gasteiger partial charge is 0.252 e. The zero-order valence-corrected chi connectivity index (χ0v) is 12.1. The maximum absolute atomic E-state index is 5.76. The van der Waals surface area contributed by atoms with Gasteiger partial charge in [0.15, 0.2) is 5.82 Å². The molecule has 19 heavy (non-hydrogen) atoms. The standard InChI is InChI=1S/C13H24N4O2/c1-4-17(5-2)7-6-11-15-12(19-16-11)8-18-13(3)9-14-10-13/h14H,4-10H2,1-3H3. The number of ether oxygens (including phenoxy) is 1. The average molecular weight is 268 g/mol. The van der Waals surface area contributed by atoms with Crippen molar-refractivity contribution in [2.24, 2.45) is 0 Å². The Bertz CT molecular complexity index is 386. The fourth-order valence-corrected chi connectivity index (χ4v) is 2.06. The summed E-state index contributed by atoms with van der Waals surface area (Å²) in [5, 5.41) is 7.18. The molecule has 1 aliphatic heterocycles. The van der Waals surface area contributed by atoms with Crippen molar-refractivity contribution in [2.75, 3.05) is 32.7 Å². The number of likely N-dealkylation sites (N-methyl/N-ethyl adjacent to an activating group) is 1. The van der Waals surface area contributed by atoms with Gasteiger partial charge in [-0.25, -0.2) is 0 Å². The highest BCUT2D eigenvalue weighted by Crippen LogP contribution is 2.17. The van der Waals surface area contributed by atoms with E-state index in [0.717, 1.165) is 45.0 Å². The normalized spacial score (nSPS) is 17.7. The zero-order chi connectivity index (χ0) is 13.7. The largest absolute Gasteiger partial charge is 0.363 e. The van der Waals surface area contributed by atoms with Crippen LogP contribution in [0.15, 0.2) is 4.52 Å². The molecule has 0 amide bonds. The highest BCUT2D eigenvalue weighted by molar-refractivity contribution is 4.92. The maximum atomic E-state index is 5.76. The second-order valence-corrected chi connectivity index (χ2v) is 5.22. The van der Waals surface area contributed by atoms with E-state index in [0.29, 0.717) is 12.5 Å². The van der Waals surface area contributed by atoms with Crippen LogP contribution < -0.4 is 5.32 Å². The quantitative estimate of drug-likeness (QED) is 0.753. The fraction of sp³-hybridized carbons (Fsp3) is 0.846. The van der Waals surface area contributed by atoms with Gasteiger partial charge in [0, 0.05) is 26.1 Å². The van der Waals surface area contributed by atoms with Gasteiger partial charge in [0.1, 0.15) is 6.61 Å². The van der Waals surface area contributed by atoms with Gasteiger partial charge in [-0.15, -0.1) is 0 Å². The van der Waals surface area contributed by atoms with Gasteiger partial charge < -0.3 is 19.5 Å². The first-order chi connectivity index (χ1) is 9.15. The molecule has 6 nitrogen and oxygen atoms in total. The molecule has 1 aromatic heterocycles. The lowest BCUT2D eigenvalue weighted by atomic mass is 10.0. The minimum absolute atomic E-state index is 0.0736. The molecular formula is C13H24N4O2. The molecule has 0 aromatic carbocycles. The Labute approximate surface area is 114 Å². The van der Waals surface area contributed by atoms with Crippen LogP contribution in [0.1, 0.15) is 32.5 Å². The first-order valence-electron chi connectivity index (χ1n) is 7.03. The zero-order valence-electron chi connectivity index (χ0n) is 12.1. The predicted octanol–water partition coefficient (Wildman–Crippen LogP) is 0.832. The van der Waals surface area contributed by atoms with E-state index in [-0.39, 0.29) is 5.60 Å². The van der Waals surface area contributed by atoms with Crippen molar-refractivity contribution >= 4 is 0 Å². The lowest BCUT2D eigenvalue weighted by Gasteiger charge is -2.38. The van der Waals surface area contributed by atoms with Crippen LogP contribution in [0.2, 0.25) is 0 Å². The first kappa shape index (κ1) is 14.4. The van der Waals surface area contributed by atoms with E-state index in [1.807, 2.05) is 0 Å². The van der Waals surface area contributed by atoms with Gasteiger partial charge in [0.05, 0.1) is 5.60 Å². The van der Waals surface area contributed by atoms with Gasteiger partial charge in [-0.05, 0) is 20.0 Å². The van der Waals surface area contributed by atoms with Crippen molar-refractivity contribution in [3.63, 3.8) is 0 Å². The average Bonchev–Trinajstić information content (AvgIpc) is 2.83. The van der Waals surface area contributed by atoms with Crippen LogP contribution >= 0.6 is 0 Å². The second-order valence-electron chi connectivity index (χ2n) is 5.22. The molecule has 1 aromatic rings. The van der Waals surface area contributed by atoms with Gasteiger partial charge in [-0.1, -0.05) is 19.0 Å². The summed E-state index contributed by atoms with van der Waals surface area (Å²) in [6.45, 7) is 11.6. The number of hydrogen-bond donors (Lipinski definition) is 1. The molecular weight excluding hydrogens is 244 g/mol. The van der Waals surface area contributed by atoms with E-state index in [2.05, 4.69) is 41.1 Å². The highest BCUT2D eigenvalue weighted by Gasteiger charge is 2.32. The van der Waals surface area contributed by atoms with E-state index in [4.69, 9.17) is 9.26 Å². The minimum Gasteiger partial charge on any atom is -0.363 e. The van der Waals surface area contributed by atoms with Crippen molar-refractivity contribution in [2.45, 2.75) is 39.4 Å². The predicted molar refractivity (Wildman–Crippen MR) is 71.9 cm³/mol. The molecule has 1 fully saturated rings. The number of hydrogen-bond acceptors (Lipinski definition) is 6.